The highest BCUT2D eigenvalue weighted by Crippen LogP contribution is 2.39. The van der Waals surface area contributed by atoms with E-state index in [2.05, 4.69) is 21.2 Å². The predicted molar refractivity (Wildman–Crippen MR) is 115 cm³/mol. The summed E-state index contributed by atoms with van der Waals surface area (Å²) in [7, 11) is 0. The molecule has 0 unspecified atom stereocenters. The normalized spacial score (nSPS) is 15.1. The summed E-state index contributed by atoms with van der Waals surface area (Å²) in [5.74, 6) is 0.597. The molecule has 28 heavy (non-hydrogen) atoms. The predicted octanol–water partition coefficient (Wildman–Crippen LogP) is 6.06. The number of nitrogens with one attached hydrogen (secondary N) is 1. The lowest BCUT2D eigenvalue weighted by Gasteiger charge is -2.15. The van der Waals surface area contributed by atoms with Crippen molar-refractivity contribution in [2.45, 2.75) is 13.5 Å². The molecule has 0 aliphatic carbocycles. The third-order valence-electron chi connectivity index (χ3n) is 3.66. The minimum absolute atomic E-state index is 0.224. The number of halogens is 3. The molecule has 0 bridgehead atoms. The Balaban J connectivity index is 1.87. The first-order chi connectivity index (χ1) is 13.4. The quantitative estimate of drug-likeness (QED) is 0.486. The lowest BCUT2D eigenvalue weighted by Crippen LogP contribution is -2.17. The van der Waals surface area contributed by atoms with E-state index in [1.807, 2.05) is 6.92 Å². The summed E-state index contributed by atoms with van der Waals surface area (Å²) in [6.45, 7) is 2.51. The topological polar surface area (TPSA) is 64.6 Å². The molecule has 1 aliphatic rings. The van der Waals surface area contributed by atoms with Gasteiger partial charge in [0.05, 0.1) is 16.0 Å². The van der Waals surface area contributed by atoms with Crippen molar-refractivity contribution >= 4 is 68.1 Å². The van der Waals surface area contributed by atoms with Crippen molar-refractivity contribution in [3.63, 3.8) is 0 Å². The van der Waals surface area contributed by atoms with E-state index in [0.29, 0.717) is 43.1 Å². The third-order valence-corrected chi connectivity index (χ3v) is 5.65. The summed E-state index contributed by atoms with van der Waals surface area (Å²) in [5, 5.41) is 2.90. The molecule has 0 spiro atoms. The number of rotatable bonds is 6. The minimum atomic E-state index is -0.415. The maximum Gasteiger partial charge on any atom is 0.290 e. The number of benzene rings is 2. The number of hydrogen-bond donors (Lipinski definition) is 1. The van der Waals surface area contributed by atoms with Crippen molar-refractivity contribution in [3.05, 3.63) is 60.9 Å². The second kappa shape index (κ2) is 9.22. The number of ether oxygens (including phenoxy) is 2. The summed E-state index contributed by atoms with van der Waals surface area (Å²) in [4.78, 5) is 23.4. The number of amides is 2. The summed E-state index contributed by atoms with van der Waals surface area (Å²) in [6.07, 6.45) is 1.62. The molecule has 0 aromatic heterocycles. The summed E-state index contributed by atoms with van der Waals surface area (Å²) >= 11 is 16.5. The van der Waals surface area contributed by atoms with Crippen LogP contribution in [0.4, 0.5) is 4.79 Å². The van der Waals surface area contributed by atoms with Gasteiger partial charge in [0.2, 0.25) is 0 Å². The first-order valence-electron chi connectivity index (χ1n) is 8.15. The Morgan fingerprint density at radius 3 is 2.61 bits per heavy atom. The Bertz CT molecular complexity index is 981. The number of imide groups is 1. The Morgan fingerprint density at radius 2 is 1.96 bits per heavy atom. The van der Waals surface area contributed by atoms with Crippen molar-refractivity contribution in [1.29, 1.82) is 0 Å². The standard InChI is InChI=1S/C19H14BrCl2NO4S/c1-2-26-15-6-10(7-16-18(24)23-19(25)28-16)5-13(20)17(15)27-9-11-3-4-12(21)8-14(11)22/h3-8H,2,9H2,1H3,(H,23,24,25)/b16-7-. The molecule has 1 heterocycles. The molecule has 2 amide bonds. The van der Waals surface area contributed by atoms with Crippen molar-refractivity contribution in [3.8, 4) is 11.5 Å². The molecule has 1 aliphatic heterocycles. The monoisotopic (exact) mass is 501 g/mol. The number of thioether (sulfide) groups is 1. The van der Waals surface area contributed by atoms with E-state index in [0.717, 1.165) is 17.3 Å². The van der Waals surface area contributed by atoms with Crippen LogP contribution in [-0.2, 0) is 11.4 Å². The van der Waals surface area contributed by atoms with E-state index in [9.17, 15) is 9.59 Å². The zero-order valence-electron chi connectivity index (χ0n) is 14.6. The van der Waals surface area contributed by atoms with Crippen LogP contribution >= 0.6 is 50.9 Å². The van der Waals surface area contributed by atoms with Gasteiger partial charge in [-0.25, -0.2) is 0 Å². The van der Waals surface area contributed by atoms with Crippen LogP contribution in [0, 0.1) is 0 Å². The number of carbonyl (C=O) groups excluding carboxylic acids is 2. The lowest BCUT2D eigenvalue weighted by molar-refractivity contribution is -0.115. The molecule has 0 saturated carbocycles. The van der Waals surface area contributed by atoms with Gasteiger partial charge in [-0.05, 0) is 70.5 Å². The average molecular weight is 503 g/mol. The third kappa shape index (κ3) is 5.03. The molecule has 0 atom stereocenters. The number of carbonyl (C=O) groups is 2. The molecular formula is C19H14BrCl2NO4S. The van der Waals surface area contributed by atoms with Crippen LogP contribution in [0.3, 0.4) is 0 Å². The summed E-state index contributed by atoms with van der Waals surface area (Å²) < 4.78 is 12.3. The highest BCUT2D eigenvalue weighted by molar-refractivity contribution is 9.10. The first kappa shape index (κ1) is 21.0. The van der Waals surface area contributed by atoms with E-state index < -0.39 is 5.91 Å². The van der Waals surface area contributed by atoms with Crippen LogP contribution in [0.1, 0.15) is 18.1 Å². The molecule has 0 radical (unpaired) electrons. The van der Waals surface area contributed by atoms with Crippen LogP contribution in [0.15, 0.2) is 39.7 Å². The molecule has 9 heteroatoms. The highest BCUT2D eigenvalue weighted by atomic mass is 79.9. The van der Waals surface area contributed by atoms with Crippen LogP contribution in [0.25, 0.3) is 6.08 Å². The van der Waals surface area contributed by atoms with E-state index >= 15 is 0 Å². The maximum atomic E-state index is 11.8. The highest BCUT2D eigenvalue weighted by Gasteiger charge is 2.25. The van der Waals surface area contributed by atoms with E-state index in [1.165, 1.54) is 0 Å². The molecule has 2 aromatic carbocycles. The van der Waals surface area contributed by atoms with Crippen molar-refractivity contribution in [2.75, 3.05) is 6.61 Å². The fourth-order valence-corrected chi connectivity index (χ4v) is 4.15. The molecular weight excluding hydrogens is 489 g/mol. The zero-order chi connectivity index (χ0) is 20.3. The largest absolute Gasteiger partial charge is 0.490 e. The summed E-state index contributed by atoms with van der Waals surface area (Å²) in [5.41, 5.74) is 1.48. The minimum Gasteiger partial charge on any atom is -0.490 e. The van der Waals surface area contributed by atoms with Gasteiger partial charge in [0, 0.05) is 15.6 Å². The Kier molecular flexibility index (Phi) is 6.93. The van der Waals surface area contributed by atoms with Gasteiger partial charge in [-0.1, -0.05) is 29.3 Å². The summed E-state index contributed by atoms with van der Waals surface area (Å²) in [6, 6.07) is 8.72. The molecule has 146 valence electrons. The molecule has 3 rings (SSSR count). The average Bonchev–Trinajstić information content (AvgIpc) is 2.93. The van der Waals surface area contributed by atoms with Crippen LogP contribution in [-0.4, -0.2) is 17.8 Å². The Labute approximate surface area is 184 Å². The van der Waals surface area contributed by atoms with Gasteiger partial charge in [-0.2, -0.15) is 0 Å². The molecule has 5 nitrogen and oxygen atoms in total. The van der Waals surface area contributed by atoms with Crippen molar-refractivity contribution < 1.29 is 19.1 Å². The fourth-order valence-electron chi connectivity index (χ4n) is 2.44. The van der Waals surface area contributed by atoms with Crippen LogP contribution < -0.4 is 14.8 Å². The zero-order valence-corrected chi connectivity index (χ0v) is 18.5. The van der Waals surface area contributed by atoms with Crippen LogP contribution in [0.2, 0.25) is 10.0 Å². The molecule has 1 N–H and O–H groups in total. The Hall–Kier alpha value is -1.67. The van der Waals surface area contributed by atoms with Gasteiger partial charge in [0.25, 0.3) is 11.1 Å². The second-order valence-corrected chi connectivity index (χ2v) is 8.35. The Morgan fingerprint density at radius 1 is 1.18 bits per heavy atom. The van der Waals surface area contributed by atoms with Gasteiger partial charge in [-0.15, -0.1) is 0 Å². The van der Waals surface area contributed by atoms with Crippen molar-refractivity contribution in [1.82, 2.24) is 5.32 Å². The fraction of sp³-hybridized carbons (Fsp3) is 0.158. The van der Waals surface area contributed by atoms with Gasteiger partial charge >= 0.3 is 0 Å². The second-order valence-electron chi connectivity index (χ2n) is 5.64. The van der Waals surface area contributed by atoms with Crippen LogP contribution in [0.5, 0.6) is 11.5 Å². The smallest absolute Gasteiger partial charge is 0.290 e. The van der Waals surface area contributed by atoms with Gasteiger partial charge in [-0.3, -0.25) is 14.9 Å². The lowest BCUT2D eigenvalue weighted by atomic mass is 10.1. The van der Waals surface area contributed by atoms with Crippen molar-refractivity contribution in [2.24, 2.45) is 0 Å². The molecule has 1 fully saturated rings. The SMILES string of the molecule is CCOc1cc(/C=C2\SC(=O)NC2=O)cc(Br)c1OCc1ccc(Cl)cc1Cl. The van der Waals surface area contributed by atoms with Gasteiger partial charge < -0.3 is 9.47 Å². The van der Waals surface area contributed by atoms with E-state index in [-0.39, 0.29) is 11.8 Å². The molecule has 2 aromatic rings. The van der Waals surface area contributed by atoms with Gasteiger partial charge in [0.1, 0.15) is 6.61 Å². The first-order valence-corrected chi connectivity index (χ1v) is 10.5. The van der Waals surface area contributed by atoms with Gasteiger partial charge in [0.15, 0.2) is 11.5 Å². The molecule has 1 saturated heterocycles. The van der Waals surface area contributed by atoms with E-state index in [1.54, 1.807) is 36.4 Å². The number of hydrogen-bond acceptors (Lipinski definition) is 5. The maximum absolute atomic E-state index is 11.8. The van der Waals surface area contributed by atoms with E-state index in [4.69, 9.17) is 32.7 Å².